The van der Waals surface area contributed by atoms with Crippen LogP contribution in [0.3, 0.4) is 0 Å². The number of methoxy groups -OCH3 is 1. The van der Waals surface area contributed by atoms with Gasteiger partial charge < -0.3 is 19.6 Å². The van der Waals surface area contributed by atoms with Gasteiger partial charge in [0.2, 0.25) is 5.89 Å². The van der Waals surface area contributed by atoms with Crippen LogP contribution < -0.4 is 10.5 Å². The number of amides is 1. The number of hydrogen-bond acceptors (Lipinski definition) is 7. The summed E-state index contributed by atoms with van der Waals surface area (Å²) in [7, 11) is 1.58. The largest absolute Gasteiger partial charge is 0.496 e. The van der Waals surface area contributed by atoms with Crippen molar-refractivity contribution in [1.29, 1.82) is 0 Å². The lowest BCUT2D eigenvalue weighted by molar-refractivity contribution is 0.00404. The van der Waals surface area contributed by atoms with Crippen LogP contribution in [-0.4, -0.2) is 40.4 Å². The molecule has 2 N–H and O–H groups in total. The van der Waals surface area contributed by atoms with E-state index >= 15 is 0 Å². The minimum Gasteiger partial charge on any atom is -0.496 e. The molecule has 29 heavy (non-hydrogen) atoms. The number of piperidine rings is 1. The topological polar surface area (TPSA) is 104 Å². The Bertz CT molecular complexity index is 897. The molecule has 0 saturated carbocycles. The number of aromatic nitrogens is 2. The zero-order valence-corrected chi connectivity index (χ0v) is 18.3. The highest BCUT2D eigenvalue weighted by molar-refractivity contribution is 6.42. The molecular formula is C19H24Cl2N4O4. The first-order chi connectivity index (χ1) is 13.6. The molecule has 0 spiro atoms. The van der Waals surface area contributed by atoms with Crippen molar-refractivity contribution in [2.45, 2.75) is 51.2 Å². The second kappa shape index (κ2) is 8.28. The third-order valence-electron chi connectivity index (χ3n) is 4.69. The number of ether oxygens (including phenoxy) is 2. The molecule has 1 aliphatic heterocycles. The molecule has 1 aliphatic rings. The molecule has 1 saturated heterocycles. The molecule has 2 heterocycles. The number of halogens is 2. The quantitative estimate of drug-likeness (QED) is 0.725. The lowest BCUT2D eigenvalue weighted by Gasteiger charge is -2.38. The van der Waals surface area contributed by atoms with Crippen molar-refractivity contribution in [3.63, 3.8) is 0 Å². The number of hydrogen-bond donors (Lipinski definition) is 1. The minimum absolute atomic E-state index is 0.0482. The van der Waals surface area contributed by atoms with E-state index in [0.29, 0.717) is 35.2 Å². The van der Waals surface area contributed by atoms with Crippen molar-refractivity contribution in [2.75, 3.05) is 19.4 Å². The number of carbonyl (C=O) groups excluding carboxylic acids is 1. The van der Waals surface area contributed by atoms with E-state index in [-0.39, 0.29) is 17.8 Å². The van der Waals surface area contributed by atoms with E-state index < -0.39 is 17.7 Å². The summed E-state index contributed by atoms with van der Waals surface area (Å²) in [6.45, 7) is 5.84. The van der Waals surface area contributed by atoms with E-state index in [0.717, 1.165) is 5.56 Å². The maximum atomic E-state index is 12.8. The van der Waals surface area contributed by atoms with E-state index in [1.807, 2.05) is 20.8 Å². The van der Waals surface area contributed by atoms with E-state index in [4.69, 9.17) is 42.8 Å². The number of rotatable bonds is 3. The molecule has 0 bridgehead atoms. The van der Waals surface area contributed by atoms with E-state index in [2.05, 4.69) is 10.2 Å². The zero-order valence-electron chi connectivity index (χ0n) is 16.7. The second-order valence-electron chi connectivity index (χ2n) is 7.87. The predicted octanol–water partition coefficient (Wildman–Crippen LogP) is 4.82. The van der Waals surface area contributed by atoms with Crippen LogP contribution in [-0.2, 0) is 4.74 Å². The summed E-state index contributed by atoms with van der Waals surface area (Å²) in [5, 5.41) is 8.61. The number of nitrogen functional groups attached to an aromatic ring is 1. The highest BCUT2D eigenvalue weighted by Gasteiger charge is 2.40. The number of likely N-dealkylation sites (tertiary alicyclic amines) is 1. The molecule has 10 heteroatoms. The summed E-state index contributed by atoms with van der Waals surface area (Å²) < 4.78 is 16.5. The molecule has 158 valence electrons. The van der Waals surface area contributed by atoms with Crippen LogP contribution in [0.5, 0.6) is 5.75 Å². The molecule has 1 aromatic heterocycles. The Hall–Kier alpha value is -2.19. The van der Waals surface area contributed by atoms with Gasteiger partial charge in [-0.15, -0.1) is 5.10 Å². The van der Waals surface area contributed by atoms with Crippen LogP contribution in [0.25, 0.3) is 0 Å². The average molecular weight is 443 g/mol. The van der Waals surface area contributed by atoms with Crippen LogP contribution in [0, 0.1) is 0 Å². The fourth-order valence-electron chi connectivity index (χ4n) is 3.49. The van der Waals surface area contributed by atoms with Gasteiger partial charge in [0, 0.05) is 12.1 Å². The van der Waals surface area contributed by atoms with Gasteiger partial charge in [0.05, 0.1) is 17.2 Å². The molecule has 2 aromatic rings. The number of carbonyl (C=O) groups is 1. The maximum Gasteiger partial charge on any atom is 0.410 e. The molecule has 3 rings (SSSR count). The molecule has 1 amide bonds. The molecule has 1 aromatic carbocycles. The molecule has 2 unspecified atom stereocenters. The zero-order chi connectivity index (χ0) is 21.3. The SMILES string of the molecule is COc1ccc(Cl)c(Cl)c1C1CCN(C(=O)OC(C)(C)C)C(c2nnc(N)o2)C1. The third kappa shape index (κ3) is 4.70. The van der Waals surface area contributed by atoms with Crippen molar-refractivity contribution < 1.29 is 18.7 Å². The Morgan fingerprint density at radius 2 is 2.03 bits per heavy atom. The molecule has 8 nitrogen and oxygen atoms in total. The van der Waals surface area contributed by atoms with Gasteiger partial charge in [-0.25, -0.2) is 4.79 Å². The Morgan fingerprint density at radius 1 is 1.31 bits per heavy atom. The molecular weight excluding hydrogens is 419 g/mol. The van der Waals surface area contributed by atoms with Crippen LogP contribution in [0.15, 0.2) is 16.5 Å². The van der Waals surface area contributed by atoms with Crippen LogP contribution in [0.4, 0.5) is 10.8 Å². The average Bonchev–Trinajstić information content (AvgIpc) is 3.08. The van der Waals surface area contributed by atoms with E-state index in [9.17, 15) is 4.79 Å². The highest BCUT2D eigenvalue weighted by atomic mass is 35.5. The Balaban J connectivity index is 1.95. The monoisotopic (exact) mass is 442 g/mol. The van der Waals surface area contributed by atoms with Crippen LogP contribution >= 0.6 is 23.2 Å². The first-order valence-corrected chi connectivity index (χ1v) is 9.96. The van der Waals surface area contributed by atoms with Crippen molar-refractivity contribution in [3.05, 3.63) is 33.6 Å². The normalized spacial score (nSPS) is 19.9. The molecule has 2 atom stereocenters. The standard InChI is InChI=1S/C19H24Cl2N4O4/c1-19(2,3)29-18(26)25-8-7-10(9-12(25)16-23-24-17(22)28-16)14-13(27-4)6-5-11(20)15(14)21/h5-6,10,12H,7-9H2,1-4H3,(H2,22,24). The Kier molecular flexibility index (Phi) is 6.14. The van der Waals surface area contributed by atoms with Gasteiger partial charge in [0.15, 0.2) is 0 Å². The molecule has 0 radical (unpaired) electrons. The van der Waals surface area contributed by atoms with Crippen molar-refractivity contribution in [3.8, 4) is 5.75 Å². The summed E-state index contributed by atoms with van der Waals surface area (Å²) in [4.78, 5) is 14.4. The van der Waals surface area contributed by atoms with Crippen molar-refractivity contribution in [2.24, 2.45) is 0 Å². The summed E-state index contributed by atoms with van der Waals surface area (Å²) >= 11 is 12.7. The lowest BCUT2D eigenvalue weighted by Crippen LogP contribution is -2.43. The summed E-state index contributed by atoms with van der Waals surface area (Å²) in [5.41, 5.74) is 5.77. The lowest BCUT2D eigenvalue weighted by atomic mass is 9.84. The van der Waals surface area contributed by atoms with E-state index in [1.165, 1.54) is 0 Å². The fourth-order valence-corrected chi connectivity index (χ4v) is 3.96. The smallest absolute Gasteiger partial charge is 0.410 e. The minimum atomic E-state index is -0.633. The fraction of sp³-hybridized carbons (Fsp3) is 0.526. The van der Waals surface area contributed by atoms with Crippen molar-refractivity contribution >= 4 is 35.3 Å². The van der Waals surface area contributed by atoms with Crippen LogP contribution in [0.1, 0.15) is 57.0 Å². The third-order valence-corrected chi connectivity index (χ3v) is 5.51. The van der Waals surface area contributed by atoms with Gasteiger partial charge >= 0.3 is 12.1 Å². The van der Waals surface area contributed by atoms with Crippen LogP contribution in [0.2, 0.25) is 10.0 Å². The van der Waals surface area contributed by atoms with E-state index in [1.54, 1.807) is 24.1 Å². The molecule has 0 aliphatic carbocycles. The molecule has 1 fully saturated rings. The number of nitrogens with two attached hydrogens (primary N) is 1. The number of nitrogens with zero attached hydrogens (tertiary/aromatic N) is 3. The van der Waals surface area contributed by atoms with Gasteiger partial charge in [-0.05, 0) is 51.7 Å². The number of benzene rings is 1. The summed E-state index contributed by atoms with van der Waals surface area (Å²) in [6.07, 6.45) is 0.648. The summed E-state index contributed by atoms with van der Waals surface area (Å²) in [5.74, 6) is 0.835. The predicted molar refractivity (Wildman–Crippen MR) is 109 cm³/mol. The van der Waals surface area contributed by atoms with Gasteiger partial charge in [-0.3, -0.25) is 4.90 Å². The van der Waals surface area contributed by atoms with Crippen molar-refractivity contribution in [1.82, 2.24) is 15.1 Å². The number of anilines is 1. The second-order valence-corrected chi connectivity index (χ2v) is 8.65. The van der Waals surface area contributed by atoms with Gasteiger partial charge in [-0.1, -0.05) is 28.3 Å². The maximum absolute atomic E-state index is 12.8. The Labute approximate surface area is 179 Å². The Morgan fingerprint density at radius 3 is 2.62 bits per heavy atom. The summed E-state index contributed by atoms with van der Waals surface area (Å²) in [6, 6.07) is 2.89. The highest BCUT2D eigenvalue weighted by Crippen LogP contribution is 2.46. The van der Waals surface area contributed by atoms with Gasteiger partial charge in [0.1, 0.15) is 17.4 Å². The van der Waals surface area contributed by atoms with Gasteiger partial charge in [-0.2, -0.15) is 0 Å². The first kappa shape index (κ1) is 21.5. The van der Waals surface area contributed by atoms with Gasteiger partial charge in [0.25, 0.3) is 0 Å². The first-order valence-electron chi connectivity index (χ1n) is 9.21.